The van der Waals surface area contributed by atoms with Crippen LogP contribution < -0.4 is 21.9 Å². The first-order chi connectivity index (χ1) is 46.6. The molecule has 7 radical (unpaired) electrons. The zero-order valence-corrected chi connectivity index (χ0v) is 57.7. The smallest absolute Gasteiger partial charge is 0.416 e. The largest absolute Gasteiger partial charge is 0.507 e. The predicted molar refractivity (Wildman–Crippen MR) is 341 cm³/mol. The molecule has 103 heavy (non-hydrogen) atoms. The molecule has 6 aromatic carbocycles. The van der Waals surface area contributed by atoms with E-state index in [4.69, 9.17) is 4.99 Å². The molecule has 0 unspecified atom stereocenters. The number of halogens is 24. The summed E-state index contributed by atoms with van der Waals surface area (Å²) in [5.74, 6) is 0.353. The van der Waals surface area contributed by atoms with Gasteiger partial charge in [0.15, 0.2) is 0 Å². The third-order valence-corrected chi connectivity index (χ3v) is 17.4. The average molecular weight is 1570 g/mol. The number of alkyl halides is 24. The molecule has 563 valence electrons. The first kappa shape index (κ1) is 85.1. The first-order valence-electron chi connectivity index (χ1n) is 31.8. The van der Waals surface area contributed by atoms with Crippen LogP contribution >= 0.6 is 0 Å². The van der Waals surface area contributed by atoms with Gasteiger partial charge in [-0.15, -0.1) is 0 Å². The van der Waals surface area contributed by atoms with Gasteiger partial charge in [0.1, 0.15) is 11.9 Å². The molecule has 2 saturated carbocycles. The van der Waals surface area contributed by atoms with Gasteiger partial charge in [-0.2, -0.15) is 127 Å². The van der Waals surface area contributed by atoms with E-state index in [0.29, 0.717) is 11.8 Å². The van der Waals surface area contributed by atoms with E-state index >= 15 is 0 Å². The van der Waals surface area contributed by atoms with Crippen molar-refractivity contribution in [3.05, 3.63) is 221 Å². The maximum atomic E-state index is 14.2. The normalized spacial score (nSPS) is 17.4. The van der Waals surface area contributed by atoms with Crippen molar-refractivity contribution in [1.29, 1.82) is 0 Å². The van der Waals surface area contributed by atoms with Crippen molar-refractivity contribution in [2.45, 2.75) is 185 Å². The van der Waals surface area contributed by atoms with Gasteiger partial charge in [0.05, 0.1) is 62.3 Å². The Kier molecular flexibility index (Phi) is 26.2. The summed E-state index contributed by atoms with van der Waals surface area (Å²) in [7, 11) is 0. The zero-order valence-electron chi connectivity index (χ0n) is 56.1. The monoisotopic (exact) mass is 1570 g/mol. The molecule has 2 aliphatic carbocycles. The minimum absolute atomic E-state index is 0. The molecule has 1 aliphatic heterocycles. The van der Waals surface area contributed by atoms with Crippen molar-refractivity contribution in [3.63, 3.8) is 0 Å². The zero-order chi connectivity index (χ0) is 76.5. The van der Waals surface area contributed by atoms with Gasteiger partial charge in [0.25, 0.3) is 0 Å². The van der Waals surface area contributed by atoms with E-state index in [1.165, 1.54) is 55.3 Å². The SMILES string of the molecule is CC(C)N1[C]N([C@@H]2CCCC[C@H]2N=Cc2cc(C(C)(C)C)cc(C(C)(C)C)c2O)C(c2ccccc2)=C1.FC(F)(F)c1cc([B-](c2cc(C(F)(F)F)cc(C(F)(F)F)c2)(c2cc(C(F)(F)F)cc(C(F)(F)F)c2)c2cc(C(F)(F)F)cc(C(F)(F)F)c2)cc(C(F)(F)F)c1.[CH]1[CH]CC[CH][CH]CC1.[Rh]. The molecular weight excluding hydrogens is 1500 g/mol. The standard InChI is InChI=1S/C33H45N3O.C32H12BF24.C8H12.Rh/c1-23(2)35-21-30(24-14-10-9-11-15-24)36(22-35)29-17-13-12-16-28(29)34-20-25-18-26(32(3,4)5)19-27(31(25)37)33(6,7)8;34-25(35,36)13-1-14(26(37,38)39)6-21(5-13)33(22-7-15(27(40,41)42)2-16(8-22)28(43,44)45,23-9-17(29(46,47)48)3-18(10-23)30(49,50)51)24-11-19(31(52,53)54)4-20(12-24)32(55,56)57;1-2-4-6-8-7-5-3-1;/h9-11,14-15,18-21,23,28-29,37H,12-13,16-17H2,1-8H3;1-12H;1-2,7-8H,3-6H2;/q;-1;;/t28-,29-;;;/m1.../s1. The molecule has 9 rings (SSSR count). The van der Waals surface area contributed by atoms with E-state index < -0.39 is 195 Å². The second-order valence-corrected chi connectivity index (χ2v) is 27.3. The van der Waals surface area contributed by atoms with Gasteiger partial charge in [-0.3, -0.25) is 4.99 Å². The van der Waals surface area contributed by atoms with Crippen molar-refractivity contribution in [3.8, 4) is 5.75 Å². The molecule has 0 amide bonds. The summed E-state index contributed by atoms with van der Waals surface area (Å²) in [6, 6.07) is 6.79. The topological polar surface area (TPSA) is 39.1 Å². The molecule has 0 bridgehead atoms. The van der Waals surface area contributed by atoms with Crippen molar-refractivity contribution in [2.75, 3.05) is 0 Å². The van der Waals surface area contributed by atoms with E-state index in [1.54, 1.807) is 0 Å². The van der Waals surface area contributed by atoms with Crippen molar-refractivity contribution < 1.29 is 130 Å². The third-order valence-electron chi connectivity index (χ3n) is 17.4. The van der Waals surface area contributed by atoms with Crippen LogP contribution in [0.5, 0.6) is 5.75 Å². The minimum Gasteiger partial charge on any atom is -0.507 e. The molecule has 0 saturated heterocycles. The summed E-state index contributed by atoms with van der Waals surface area (Å²) in [5, 5.41) is 11.3. The quantitative estimate of drug-likeness (QED) is 0.0891. The number of rotatable bonds is 9. The van der Waals surface area contributed by atoms with Gasteiger partial charge < -0.3 is 14.9 Å². The van der Waals surface area contributed by atoms with Crippen molar-refractivity contribution in [1.82, 2.24) is 9.80 Å². The molecular formula is C73H69BF24N3ORh-. The summed E-state index contributed by atoms with van der Waals surface area (Å²) >= 11 is 0. The van der Waals surface area contributed by atoms with Gasteiger partial charge in [-0.1, -0.05) is 139 Å². The maximum absolute atomic E-state index is 14.2. The number of nitrogens with zero attached hydrogens (tertiary/aromatic N) is 3. The van der Waals surface area contributed by atoms with E-state index in [-0.39, 0.29) is 42.4 Å². The van der Waals surface area contributed by atoms with Crippen LogP contribution in [0.4, 0.5) is 105 Å². The molecule has 0 spiro atoms. The van der Waals surface area contributed by atoms with Crippen LogP contribution in [0.2, 0.25) is 0 Å². The van der Waals surface area contributed by atoms with Gasteiger partial charge in [-0.05, 0) is 130 Å². The van der Waals surface area contributed by atoms with E-state index in [0.717, 1.165) is 24.0 Å². The van der Waals surface area contributed by atoms with Crippen molar-refractivity contribution in [2.24, 2.45) is 4.99 Å². The molecule has 1 N–H and O–H groups in total. The predicted octanol–water partition coefficient (Wildman–Crippen LogP) is 21.3. The van der Waals surface area contributed by atoms with Crippen LogP contribution in [-0.2, 0) is 79.7 Å². The number of aromatic hydroxyl groups is 1. The Hall–Kier alpha value is -6.86. The number of benzene rings is 6. The van der Waals surface area contributed by atoms with Crippen LogP contribution in [0.15, 0.2) is 126 Å². The number of aliphatic imine (C=N–C) groups is 1. The average Bonchev–Trinajstić information content (AvgIpc) is 1.11. The minimum atomic E-state index is -6.13. The van der Waals surface area contributed by atoms with Gasteiger partial charge in [0, 0.05) is 49.1 Å². The number of hydrogen-bond acceptors (Lipinski definition) is 4. The number of hydrogen-bond donors (Lipinski definition) is 1. The molecule has 30 heteroatoms. The van der Waals surface area contributed by atoms with Crippen molar-refractivity contribution >= 4 is 39.9 Å². The Morgan fingerprint density at radius 2 is 0.757 bits per heavy atom. The van der Waals surface area contributed by atoms with Gasteiger partial charge >= 0.3 is 49.4 Å². The number of phenols is 1. The van der Waals surface area contributed by atoms with Gasteiger partial charge in [-0.25, -0.2) is 0 Å². The third kappa shape index (κ3) is 21.2. The summed E-state index contributed by atoms with van der Waals surface area (Å²) < 4.78 is 341. The summed E-state index contributed by atoms with van der Waals surface area (Å²) in [5.41, 5.74) is -25.0. The van der Waals surface area contributed by atoms with Crippen LogP contribution in [0, 0.1) is 32.4 Å². The Balaban J connectivity index is 0.000000308. The Morgan fingerprint density at radius 3 is 1.05 bits per heavy atom. The second-order valence-electron chi connectivity index (χ2n) is 27.3. The van der Waals surface area contributed by atoms with Gasteiger partial charge in [0.2, 0.25) is 6.67 Å². The van der Waals surface area contributed by atoms with E-state index in [9.17, 15) is 110 Å². The van der Waals surface area contributed by atoms with E-state index in [1.807, 2.05) is 6.21 Å². The fraction of sp³-hybridized carbons (Fsp3) is 0.397. The summed E-state index contributed by atoms with van der Waals surface area (Å²) in [6.45, 7) is 21.2. The molecule has 1 heterocycles. The Morgan fingerprint density at radius 1 is 0.437 bits per heavy atom. The summed E-state index contributed by atoms with van der Waals surface area (Å²) in [4.78, 5) is 9.69. The van der Waals surface area contributed by atoms with Crippen LogP contribution in [0.25, 0.3) is 5.70 Å². The fourth-order valence-corrected chi connectivity index (χ4v) is 12.2. The second kappa shape index (κ2) is 31.7. The fourth-order valence-electron chi connectivity index (χ4n) is 12.2. The summed E-state index contributed by atoms with van der Waals surface area (Å²) in [6.07, 6.45) is -32.2. The van der Waals surface area contributed by atoms with Crippen LogP contribution in [-0.4, -0.2) is 45.4 Å². The Bertz CT molecular complexity index is 3460. The Labute approximate surface area is 593 Å². The molecule has 4 nitrogen and oxygen atoms in total. The van der Waals surface area contributed by atoms with E-state index in [2.05, 4.69) is 146 Å². The van der Waals surface area contributed by atoms with Crippen LogP contribution in [0.1, 0.15) is 174 Å². The van der Waals surface area contributed by atoms with Crippen LogP contribution in [0.3, 0.4) is 0 Å². The number of phenolic OH excluding ortho intramolecular Hbond substituents is 1. The molecule has 2 fully saturated rings. The molecule has 0 aromatic heterocycles. The first-order valence-corrected chi connectivity index (χ1v) is 31.8. The molecule has 6 aromatic rings. The maximum Gasteiger partial charge on any atom is 0.416 e. The molecule has 3 aliphatic rings. The molecule has 2 atom stereocenters.